The van der Waals surface area contributed by atoms with Crippen molar-refractivity contribution in [2.45, 2.75) is 19.9 Å². The minimum Gasteiger partial charge on any atom is -0.496 e. The monoisotopic (exact) mass is 439 g/mol. The van der Waals surface area contributed by atoms with E-state index >= 15 is 0 Å². The molecule has 2 N–H and O–H groups in total. The van der Waals surface area contributed by atoms with Crippen LogP contribution in [0, 0.1) is 0 Å². The van der Waals surface area contributed by atoms with Crippen molar-refractivity contribution in [3.05, 3.63) is 48.2 Å². The Morgan fingerprint density at radius 1 is 1.03 bits per heavy atom. The highest BCUT2D eigenvalue weighted by atomic mass is 16.5. The van der Waals surface area contributed by atoms with Crippen molar-refractivity contribution < 1.29 is 33.3 Å². The standard InChI is InChI=1S/C24H25NO7/c1-13(8-23(26)25-14(2)24(27)28)16-10-17-18(12-32-21(17)11-20(16)30-4)15-6-7-19(29-3)22(9-15)31-5/h6-12,14H,1-5H3,(H,25,26)(H,27,28)/b13-8+. The quantitative estimate of drug-likeness (QED) is 0.509. The van der Waals surface area contributed by atoms with Gasteiger partial charge in [-0.05, 0) is 43.2 Å². The summed E-state index contributed by atoms with van der Waals surface area (Å²) in [6.07, 6.45) is 2.99. The average molecular weight is 439 g/mol. The van der Waals surface area contributed by atoms with Crippen LogP contribution in [0.15, 0.2) is 47.1 Å². The number of hydrogen-bond donors (Lipinski definition) is 2. The Morgan fingerprint density at radius 3 is 2.34 bits per heavy atom. The molecule has 168 valence electrons. The van der Waals surface area contributed by atoms with E-state index in [0.29, 0.717) is 34.0 Å². The molecule has 3 aromatic rings. The second kappa shape index (κ2) is 9.47. The molecule has 0 fully saturated rings. The third-order valence-electron chi connectivity index (χ3n) is 5.09. The van der Waals surface area contributed by atoms with Crippen LogP contribution >= 0.6 is 0 Å². The van der Waals surface area contributed by atoms with Crippen molar-refractivity contribution in [3.63, 3.8) is 0 Å². The van der Waals surface area contributed by atoms with Gasteiger partial charge in [-0.2, -0.15) is 0 Å². The lowest BCUT2D eigenvalue weighted by atomic mass is 9.99. The molecule has 0 bridgehead atoms. The molecule has 0 aliphatic carbocycles. The highest BCUT2D eigenvalue weighted by molar-refractivity contribution is 6.01. The first-order chi connectivity index (χ1) is 15.3. The van der Waals surface area contributed by atoms with Crippen molar-refractivity contribution in [2.24, 2.45) is 0 Å². The third kappa shape index (κ3) is 4.54. The maximum atomic E-state index is 12.2. The Labute approximate surface area is 185 Å². The largest absolute Gasteiger partial charge is 0.496 e. The molecule has 3 rings (SSSR count). The number of benzene rings is 2. The summed E-state index contributed by atoms with van der Waals surface area (Å²) in [5.74, 6) is 0.118. The normalized spacial score (nSPS) is 12.3. The first-order valence-corrected chi connectivity index (χ1v) is 9.82. The zero-order valence-corrected chi connectivity index (χ0v) is 18.5. The van der Waals surface area contributed by atoms with Crippen molar-refractivity contribution in [2.75, 3.05) is 21.3 Å². The zero-order valence-electron chi connectivity index (χ0n) is 18.5. The Kier molecular flexibility index (Phi) is 6.73. The molecule has 0 radical (unpaired) electrons. The molecule has 8 heteroatoms. The fourth-order valence-electron chi connectivity index (χ4n) is 3.35. The summed E-state index contributed by atoms with van der Waals surface area (Å²) in [6, 6.07) is 8.21. The third-order valence-corrected chi connectivity index (χ3v) is 5.09. The molecule has 0 aliphatic rings. The molecule has 1 heterocycles. The van der Waals surface area contributed by atoms with Crippen molar-refractivity contribution in [3.8, 4) is 28.4 Å². The van der Waals surface area contributed by atoms with Crippen LogP contribution in [-0.2, 0) is 9.59 Å². The number of amides is 1. The maximum Gasteiger partial charge on any atom is 0.325 e. The molecule has 0 saturated carbocycles. The van der Waals surface area contributed by atoms with Gasteiger partial charge in [0.05, 0.1) is 27.6 Å². The number of carbonyl (C=O) groups is 2. The SMILES string of the molecule is COc1ccc(-c2coc3cc(OC)c(/C(C)=C/C(=O)NC(C)C(=O)O)cc23)cc1OC. The molecule has 0 spiro atoms. The summed E-state index contributed by atoms with van der Waals surface area (Å²) in [5, 5.41) is 12.2. The predicted octanol–water partition coefficient (Wildman–Crippen LogP) is 4.12. The van der Waals surface area contributed by atoms with Crippen LogP contribution in [0.1, 0.15) is 19.4 Å². The maximum absolute atomic E-state index is 12.2. The van der Waals surface area contributed by atoms with Gasteiger partial charge in [-0.25, -0.2) is 0 Å². The Hall–Kier alpha value is -3.94. The lowest BCUT2D eigenvalue weighted by Crippen LogP contribution is -2.37. The second-order valence-electron chi connectivity index (χ2n) is 7.16. The molecule has 32 heavy (non-hydrogen) atoms. The van der Waals surface area contributed by atoms with E-state index in [9.17, 15) is 9.59 Å². The number of carboxylic acids is 1. The lowest BCUT2D eigenvalue weighted by molar-refractivity contribution is -0.140. The molecule has 2 aromatic carbocycles. The number of rotatable bonds is 8. The van der Waals surface area contributed by atoms with Gasteiger partial charge in [0.15, 0.2) is 11.5 Å². The minimum absolute atomic E-state index is 0.508. The van der Waals surface area contributed by atoms with Gasteiger partial charge >= 0.3 is 5.97 Å². The van der Waals surface area contributed by atoms with E-state index in [4.69, 9.17) is 23.7 Å². The van der Waals surface area contributed by atoms with E-state index in [1.165, 1.54) is 20.1 Å². The predicted molar refractivity (Wildman–Crippen MR) is 120 cm³/mol. The zero-order chi connectivity index (χ0) is 23.4. The number of furan rings is 1. The van der Waals surface area contributed by atoms with E-state index in [2.05, 4.69) is 5.32 Å². The molecule has 1 unspecified atom stereocenters. The number of hydrogen-bond acceptors (Lipinski definition) is 6. The molecule has 8 nitrogen and oxygen atoms in total. The number of fused-ring (bicyclic) bond motifs is 1. The summed E-state index contributed by atoms with van der Waals surface area (Å²) in [6.45, 7) is 3.15. The van der Waals surface area contributed by atoms with Crippen LogP contribution in [0.25, 0.3) is 27.7 Å². The van der Waals surface area contributed by atoms with E-state index < -0.39 is 17.9 Å². The average Bonchev–Trinajstić information content (AvgIpc) is 3.20. The molecule has 0 aliphatic heterocycles. The fraction of sp³-hybridized carbons (Fsp3) is 0.250. The van der Waals surface area contributed by atoms with Crippen LogP contribution in [0.2, 0.25) is 0 Å². The van der Waals surface area contributed by atoms with Crippen LogP contribution in [0.4, 0.5) is 0 Å². The van der Waals surface area contributed by atoms with E-state index in [-0.39, 0.29) is 0 Å². The van der Waals surface area contributed by atoms with Crippen molar-refractivity contribution in [1.82, 2.24) is 5.32 Å². The molecule has 1 aromatic heterocycles. The summed E-state index contributed by atoms with van der Waals surface area (Å²) in [7, 11) is 4.68. The molecular formula is C24H25NO7. The Bertz CT molecular complexity index is 1190. The summed E-state index contributed by atoms with van der Waals surface area (Å²) < 4.78 is 22.0. The molecular weight excluding hydrogens is 414 g/mol. The highest BCUT2D eigenvalue weighted by Gasteiger charge is 2.17. The van der Waals surface area contributed by atoms with Crippen molar-refractivity contribution >= 4 is 28.4 Å². The van der Waals surface area contributed by atoms with Crippen molar-refractivity contribution in [1.29, 1.82) is 0 Å². The van der Waals surface area contributed by atoms with E-state index in [0.717, 1.165) is 16.5 Å². The molecule has 1 amide bonds. The first-order valence-electron chi connectivity index (χ1n) is 9.82. The topological polar surface area (TPSA) is 107 Å². The number of ether oxygens (including phenoxy) is 3. The van der Waals surface area contributed by atoms with Gasteiger partial charge in [0.2, 0.25) is 5.91 Å². The van der Waals surface area contributed by atoms with Gasteiger partial charge in [0, 0.05) is 28.7 Å². The van der Waals surface area contributed by atoms with Gasteiger partial charge in [-0.1, -0.05) is 6.07 Å². The van der Waals surface area contributed by atoms with Gasteiger partial charge in [-0.15, -0.1) is 0 Å². The summed E-state index contributed by atoms with van der Waals surface area (Å²) >= 11 is 0. The molecule has 0 saturated heterocycles. The highest BCUT2D eigenvalue weighted by Crippen LogP contribution is 2.39. The Balaban J connectivity index is 2.06. The Morgan fingerprint density at radius 2 is 1.72 bits per heavy atom. The molecule has 1 atom stereocenters. The lowest BCUT2D eigenvalue weighted by Gasteiger charge is -2.12. The van der Waals surface area contributed by atoms with Crippen LogP contribution in [-0.4, -0.2) is 44.4 Å². The number of allylic oxidation sites excluding steroid dienone is 1. The summed E-state index contributed by atoms with van der Waals surface area (Å²) in [4.78, 5) is 23.2. The van der Waals surface area contributed by atoms with E-state index in [1.807, 2.05) is 24.3 Å². The summed E-state index contributed by atoms with van der Waals surface area (Å²) in [5.41, 5.74) is 3.61. The number of carboxylic acid groups (broad SMARTS) is 1. The number of methoxy groups -OCH3 is 3. The van der Waals surface area contributed by atoms with Gasteiger partial charge < -0.3 is 29.1 Å². The van der Waals surface area contributed by atoms with E-state index in [1.54, 1.807) is 33.5 Å². The van der Waals surface area contributed by atoms with Gasteiger partial charge in [0.1, 0.15) is 17.4 Å². The first kappa shape index (κ1) is 22.7. The van der Waals surface area contributed by atoms with Gasteiger partial charge in [0.25, 0.3) is 0 Å². The number of carbonyl (C=O) groups excluding carboxylic acids is 1. The smallest absolute Gasteiger partial charge is 0.325 e. The van der Waals surface area contributed by atoms with Crippen LogP contribution < -0.4 is 19.5 Å². The van der Waals surface area contributed by atoms with Gasteiger partial charge in [-0.3, -0.25) is 9.59 Å². The van der Waals surface area contributed by atoms with Crippen LogP contribution in [0.5, 0.6) is 17.2 Å². The fourth-order valence-corrected chi connectivity index (χ4v) is 3.35. The number of nitrogens with one attached hydrogen (secondary N) is 1. The second-order valence-corrected chi connectivity index (χ2v) is 7.16. The minimum atomic E-state index is -1.11. The van der Waals surface area contributed by atoms with Crippen LogP contribution in [0.3, 0.4) is 0 Å². The number of aliphatic carboxylic acids is 1.